The summed E-state index contributed by atoms with van der Waals surface area (Å²) < 4.78 is 17.9. The molecular formula is C26H35NO5. The van der Waals surface area contributed by atoms with E-state index in [1.165, 1.54) is 0 Å². The van der Waals surface area contributed by atoms with Crippen molar-refractivity contribution in [3.8, 4) is 0 Å². The first-order valence-electron chi connectivity index (χ1n) is 11.3. The molecule has 1 atom stereocenters. The van der Waals surface area contributed by atoms with Crippen molar-refractivity contribution in [3.05, 3.63) is 71.8 Å². The molecule has 0 aromatic heterocycles. The number of hydrogen-bond donors (Lipinski definition) is 1. The molecule has 1 aliphatic heterocycles. The van der Waals surface area contributed by atoms with Gasteiger partial charge in [-0.3, -0.25) is 0 Å². The Balaban J connectivity index is 1.73. The predicted molar refractivity (Wildman–Crippen MR) is 123 cm³/mol. The van der Waals surface area contributed by atoms with Gasteiger partial charge in [0.05, 0.1) is 19.3 Å². The quantitative estimate of drug-likeness (QED) is 0.598. The maximum Gasteiger partial charge on any atom is 0.410 e. The number of aliphatic hydroxyl groups excluding tert-OH is 1. The monoisotopic (exact) mass is 441 g/mol. The molecule has 32 heavy (non-hydrogen) atoms. The molecule has 2 aromatic rings. The predicted octanol–water partition coefficient (Wildman–Crippen LogP) is 4.93. The SMILES string of the molecule is C[C@H](c1ccccc1)N(CCC1(CCO)OCC(C)(C)CO1)C(=O)OCc1ccccc1. The zero-order valence-corrected chi connectivity index (χ0v) is 19.3. The van der Waals surface area contributed by atoms with Crippen molar-refractivity contribution in [2.24, 2.45) is 5.41 Å². The Labute approximate surface area is 191 Å². The van der Waals surface area contributed by atoms with Crippen LogP contribution in [0, 0.1) is 5.41 Å². The highest BCUT2D eigenvalue weighted by atomic mass is 16.7. The molecular weight excluding hydrogens is 406 g/mol. The number of benzene rings is 2. The Morgan fingerprint density at radius 3 is 2.22 bits per heavy atom. The molecule has 0 bridgehead atoms. The molecule has 1 heterocycles. The van der Waals surface area contributed by atoms with Crippen LogP contribution in [0.3, 0.4) is 0 Å². The lowest BCUT2D eigenvalue weighted by Crippen LogP contribution is -2.50. The van der Waals surface area contributed by atoms with Crippen LogP contribution in [0.5, 0.6) is 0 Å². The largest absolute Gasteiger partial charge is 0.445 e. The van der Waals surface area contributed by atoms with Crippen molar-refractivity contribution in [3.63, 3.8) is 0 Å². The number of rotatable bonds is 9. The van der Waals surface area contributed by atoms with Crippen LogP contribution >= 0.6 is 0 Å². The van der Waals surface area contributed by atoms with E-state index in [1.807, 2.05) is 67.6 Å². The van der Waals surface area contributed by atoms with Crippen molar-refractivity contribution in [2.45, 2.75) is 52.0 Å². The molecule has 0 aliphatic carbocycles. The summed E-state index contributed by atoms with van der Waals surface area (Å²) in [5.74, 6) is -0.904. The molecule has 1 saturated heterocycles. The van der Waals surface area contributed by atoms with Gasteiger partial charge in [0.1, 0.15) is 6.61 Å². The van der Waals surface area contributed by atoms with E-state index in [0.29, 0.717) is 32.6 Å². The number of ether oxygens (including phenoxy) is 3. The van der Waals surface area contributed by atoms with Crippen molar-refractivity contribution in [1.82, 2.24) is 4.90 Å². The first-order valence-corrected chi connectivity index (χ1v) is 11.3. The molecule has 1 N–H and O–H groups in total. The van der Waals surface area contributed by atoms with Crippen molar-refractivity contribution < 1.29 is 24.1 Å². The van der Waals surface area contributed by atoms with Gasteiger partial charge in [0.2, 0.25) is 0 Å². The van der Waals surface area contributed by atoms with Gasteiger partial charge in [-0.15, -0.1) is 0 Å². The maximum absolute atomic E-state index is 13.1. The Morgan fingerprint density at radius 1 is 1.03 bits per heavy atom. The van der Waals surface area contributed by atoms with Gasteiger partial charge in [-0.05, 0) is 18.1 Å². The van der Waals surface area contributed by atoms with Crippen molar-refractivity contribution in [2.75, 3.05) is 26.4 Å². The molecule has 0 saturated carbocycles. The third kappa shape index (κ3) is 6.55. The Hall–Kier alpha value is -2.41. The topological polar surface area (TPSA) is 68.2 Å². The molecule has 2 aromatic carbocycles. The van der Waals surface area contributed by atoms with Crippen LogP contribution in [0.25, 0.3) is 0 Å². The number of aliphatic hydroxyl groups is 1. The fourth-order valence-electron chi connectivity index (χ4n) is 3.77. The highest BCUT2D eigenvalue weighted by Gasteiger charge is 2.41. The Kier molecular flexibility index (Phi) is 8.29. The van der Waals surface area contributed by atoms with Crippen LogP contribution < -0.4 is 0 Å². The molecule has 0 unspecified atom stereocenters. The second-order valence-electron chi connectivity index (χ2n) is 9.20. The smallest absolute Gasteiger partial charge is 0.410 e. The van der Waals surface area contributed by atoms with E-state index in [-0.39, 0.29) is 30.8 Å². The third-order valence-electron chi connectivity index (χ3n) is 5.87. The minimum atomic E-state index is -0.904. The Bertz CT molecular complexity index is 830. The number of nitrogens with zero attached hydrogens (tertiary/aromatic N) is 1. The summed E-state index contributed by atoms with van der Waals surface area (Å²) in [7, 11) is 0. The minimum Gasteiger partial charge on any atom is -0.445 e. The van der Waals surface area contributed by atoms with Crippen molar-refractivity contribution in [1.29, 1.82) is 0 Å². The van der Waals surface area contributed by atoms with Gasteiger partial charge >= 0.3 is 6.09 Å². The zero-order valence-electron chi connectivity index (χ0n) is 19.3. The van der Waals surface area contributed by atoms with Crippen LogP contribution in [0.1, 0.15) is 50.8 Å². The van der Waals surface area contributed by atoms with E-state index in [2.05, 4.69) is 13.8 Å². The van der Waals surface area contributed by atoms with Crippen molar-refractivity contribution >= 4 is 6.09 Å². The van der Waals surface area contributed by atoms with E-state index in [4.69, 9.17) is 14.2 Å². The van der Waals surface area contributed by atoms with Gasteiger partial charge in [-0.25, -0.2) is 4.79 Å². The van der Waals surface area contributed by atoms with E-state index >= 15 is 0 Å². The molecule has 1 amide bonds. The summed E-state index contributed by atoms with van der Waals surface area (Å²) >= 11 is 0. The second-order valence-corrected chi connectivity index (χ2v) is 9.20. The normalized spacial score (nSPS) is 18.0. The van der Waals surface area contributed by atoms with Gasteiger partial charge in [0.25, 0.3) is 0 Å². The number of amides is 1. The fraction of sp³-hybridized carbons (Fsp3) is 0.500. The molecule has 6 heteroatoms. The lowest BCUT2D eigenvalue weighted by atomic mass is 9.93. The summed E-state index contributed by atoms with van der Waals surface area (Å²) in [6.07, 6.45) is 0.414. The van der Waals surface area contributed by atoms with Crippen LogP contribution in [0.15, 0.2) is 60.7 Å². The first-order chi connectivity index (χ1) is 15.3. The molecule has 1 fully saturated rings. The highest BCUT2D eigenvalue weighted by molar-refractivity contribution is 5.68. The summed E-state index contributed by atoms with van der Waals surface area (Å²) in [4.78, 5) is 14.9. The average Bonchev–Trinajstić information content (AvgIpc) is 2.81. The number of carbonyl (C=O) groups is 1. The summed E-state index contributed by atoms with van der Waals surface area (Å²) in [5.41, 5.74) is 1.88. The number of hydrogen-bond acceptors (Lipinski definition) is 5. The van der Waals surface area contributed by atoms with Gasteiger partial charge in [-0.2, -0.15) is 0 Å². The number of carbonyl (C=O) groups excluding carboxylic acids is 1. The Morgan fingerprint density at radius 2 is 1.62 bits per heavy atom. The summed E-state index contributed by atoms with van der Waals surface area (Å²) in [6, 6.07) is 19.3. The van der Waals surface area contributed by atoms with Crippen LogP contribution in [0.4, 0.5) is 4.79 Å². The molecule has 0 radical (unpaired) electrons. The summed E-state index contributed by atoms with van der Waals surface area (Å²) in [5, 5.41) is 9.62. The zero-order chi connectivity index (χ0) is 23.0. The molecule has 174 valence electrons. The molecule has 0 spiro atoms. The lowest BCUT2D eigenvalue weighted by Gasteiger charge is -2.44. The van der Waals surface area contributed by atoms with Gasteiger partial charge in [0.15, 0.2) is 5.79 Å². The molecule has 1 aliphatic rings. The van der Waals surface area contributed by atoms with Gasteiger partial charge < -0.3 is 24.2 Å². The highest BCUT2D eigenvalue weighted by Crippen LogP contribution is 2.35. The molecule has 6 nitrogen and oxygen atoms in total. The van der Waals surface area contributed by atoms with Crippen LogP contribution in [-0.4, -0.2) is 48.3 Å². The van der Waals surface area contributed by atoms with E-state index < -0.39 is 5.79 Å². The first kappa shape index (κ1) is 24.2. The van der Waals surface area contributed by atoms with Crippen LogP contribution in [-0.2, 0) is 20.8 Å². The third-order valence-corrected chi connectivity index (χ3v) is 5.87. The molecule has 3 rings (SSSR count). The van der Waals surface area contributed by atoms with Gasteiger partial charge in [0, 0.05) is 31.4 Å². The minimum absolute atomic E-state index is 0.0485. The van der Waals surface area contributed by atoms with E-state index in [1.54, 1.807) is 4.90 Å². The maximum atomic E-state index is 13.1. The standard InChI is InChI=1S/C26H35NO5/c1-21(23-12-8-5-9-13-23)27(24(29)30-18-22-10-6-4-7-11-22)16-14-26(15-17-28)31-19-25(2,3)20-32-26/h4-13,21,28H,14-20H2,1-3H3/t21-/m1/s1. The van der Waals surface area contributed by atoms with E-state index in [9.17, 15) is 9.90 Å². The average molecular weight is 442 g/mol. The van der Waals surface area contributed by atoms with Crippen LogP contribution in [0.2, 0.25) is 0 Å². The summed E-state index contributed by atoms with van der Waals surface area (Å²) in [6.45, 7) is 7.78. The fourth-order valence-corrected chi connectivity index (χ4v) is 3.77. The van der Waals surface area contributed by atoms with Gasteiger partial charge in [-0.1, -0.05) is 74.5 Å². The lowest BCUT2D eigenvalue weighted by molar-refractivity contribution is -0.307. The van der Waals surface area contributed by atoms with E-state index in [0.717, 1.165) is 11.1 Å². The second kappa shape index (κ2) is 10.9.